The largest absolute Gasteiger partial charge is 0.487 e. The van der Waals surface area contributed by atoms with Crippen molar-refractivity contribution >= 4 is 0 Å². The van der Waals surface area contributed by atoms with Gasteiger partial charge in [0.15, 0.2) is 0 Å². The van der Waals surface area contributed by atoms with Gasteiger partial charge >= 0.3 is 0 Å². The number of nitrogens with zero attached hydrogens (tertiary/aromatic N) is 2. The van der Waals surface area contributed by atoms with Crippen molar-refractivity contribution in [1.29, 1.82) is 0 Å². The maximum Gasteiger partial charge on any atom is 0.132 e. The van der Waals surface area contributed by atoms with Crippen molar-refractivity contribution in [3.05, 3.63) is 47.8 Å². The molecule has 19 heavy (non-hydrogen) atoms. The monoisotopic (exact) mass is 258 g/mol. The second kappa shape index (κ2) is 6.41. The Morgan fingerprint density at radius 3 is 2.68 bits per heavy atom. The number of rotatable bonds is 6. The highest BCUT2D eigenvalue weighted by Gasteiger charge is 2.08. The van der Waals surface area contributed by atoms with Gasteiger partial charge in [0.05, 0.1) is 11.7 Å². The summed E-state index contributed by atoms with van der Waals surface area (Å²) < 4.78 is 7.81. The van der Waals surface area contributed by atoms with Gasteiger partial charge in [-0.05, 0) is 43.5 Å². The van der Waals surface area contributed by atoms with E-state index in [4.69, 9.17) is 4.74 Å². The molecule has 2 aromatic rings. The predicted octanol–water partition coefficient (Wildman–Crippen LogP) is 4.13. The summed E-state index contributed by atoms with van der Waals surface area (Å²) in [6, 6.07) is 10.6. The van der Waals surface area contributed by atoms with Crippen LogP contribution in [-0.2, 0) is 6.61 Å². The lowest BCUT2D eigenvalue weighted by Crippen LogP contribution is -2.08. The van der Waals surface area contributed by atoms with E-state index in [1.54, 1.807) is 0 Å². The van der Waals surface area contributed by atoms with Gasteiger partial charge < -0.3 is 4.74 Å². The van der Waals surface area contributed by atoms with Crippen LogP contribution < -0.4 is 4.74 Å². The zero-order valence-electron chi connectivity index (χ0n) is 12.0. The van der Waals surface area contributed by atoms with Gasteiger partial charge in [-0.25, -0.2) is 0 Å². The van der Waals surface area contributed by atoms with E-state index < -0.39 is 0 Å². The van der Waals surface area contributed by atoms with E-state index in [1.165, 1.54) is 5.56 Å². The first-order valence-corrected chi connectivity index (χ1v) is 6.96. The normalized spacial score (nSPS) is 10.9. The summed E-state index contributed by atoms with van der Waals surface area (Å²) in [6.07, 6.45) is 4.26. The summed E-state index contributed by atoms with van der Waals surface area (Å²) >= 11 is 0. The molecule has 1 heterocycles. The molecule has 0 saturated heterocycles. The Bertz CT molecular complexity index is 515. The molecule has 0 saturated carbocycles. The van der Waals surface area contributed by atoms with Crippen LogP contribution in [0.4, 0.5) is 0 Å². The highest BCUT2D eigenvalue weighted by Crippen LogP contribution is 2.16. The summed E-state index contributed by atoms with van der Waals surface area (Å²) in [5.41, 5.74) is 2.19. The number of aryl methyl sites for hydroxylation is 1. The molecule has 0 radical (unpaired) electrons. The molecule has 2 rings (SSSR count). The predicted molar refractivity (Wildman–Crippen MR) is 77.4 cm³/mol. The summed E-state index contributed by atoms with van der Waals surface area (Å²) in [5, 5.41) is 4.58. The lowest BCUT2D eigenvalue weighted by atomic mass is 10.2. The highest BCUT2D eigenvalue weighted by atomic mass is 16.5. The van der Waals surface area contributed by atoms with Crippen LogP contribution in [0, 0.1) is 6.92 Å². The molecule has 0 N–H and O–H groups in total. The molecular weight excluding hydrogens is 236 g/mol. The van der Waals surface area contributed by atoms with Crippen LogP contribution in [-0.4, -0.2) is 9.78 Å². The standard InChI is InChI=1S/C16H22N2O/c1-4-15(5-2)18-10-9-14(17-18)12-19-16-8-6-7-13(3)11-16/h6-11,15H,4-5,12H2,1-3H3. The third-order valence-corrected chi connectivity index (χ3v) is 3.36. The van der Waals surface area contributed by atoms with Crippen molar-refractivity contribution in [1.82, 2.24) is 9.78 Å². The molecular formula is C16H22N2O. The minimum absolute atomic E-state index is 0.493. The Morgan fingerprint density at radius 2 is 2.00 bits per heavy atom. The van der Waals surface area contributed by atoms with Crippen LogP contribution in [0.25, 0.3) is 0 Å². The van der Waals surface area contributed by atoms with Crippen LogP contribution >= 0.6 is 0 Å². The van der Waals surface area contributed by atoms with E-state index in [0.717, 1.165) is 24.3 Å². The van der Waals surface area contributed by atoms with Crippen molar-refractivity contribution < 1.29 is 4.74 Å². The van der Waals surface area contributed by atoms with E-state index in [2.05, 4.69) is 36.6 Å². The molecule has 0 bridgehead atoms. The molecule has 0 aliphatic carbocycles. The van der Waals surface area contributed by atoms with Crippen molar-refractivity contribution in [3.8, 4) is 5.75 Å². The molecule has 1 aromatic heterocycles. The maximum absolute atomic E-state index is 5.76. The van der Waals surface area contributed by atoms with Gasteiger partial charge in [-0.3, -0.25) is 4.68 Å². The van der Waals surface area contributed by atoms with Crippen LogP contribution in [0.5, 0.6) is 5.75 Å². The molecule has 1 aromatic carbocycles. The third kappa shape index (κ3) is 3.60. The molecule has 0 atom stereocenters. The molecule has 0 amide bonds. The summed E-state index contributed by atoms with van der Waals surface area (Å²) in [5.74, 6) is 0.900. The van der Waals surface area contributed by atoms with Crippen molar-refractivity contribution in [2.75, 3.05) is 0 Å². The molecule has 0 unspecified atom stereocenters. The second-order valence-corrected chi connectivity index (χ2v) is 4.86. The molecule has 3 heteroatoms. The van der Waals surface area contributed by atoms with Gasteiger partial charge in [-0.2, -0.15) is 5.10 Å². The zero-order valence-corrected chi connectivity index (χ0v) is 12.0. The zero-order chi connectivity index (χ0) is 13.7. The first kappa shape index (κ1) is 13.7. The molecule has 3 nitrogen and oxygen atoms in total. The molecule has 102 valence electrons. The van der Waals surface area contributed by atoms with Crippen LogP contribution in [0.1, 0.15) is 44.0 Å². The number of aromatic nitrogens is 2. The van der Waals surface area contributed by atoms with Gasteiger partial charge in [-0.1, -0.05) is 26.0 Å². The van der Waals surface area contributed by atoms with Crippen LogP contribution in [0.3, 0.4) is 0 Å². The van der Waals surface area contributed by atoms with E-state index in [0.29, 0.717) is 12.6 Å². The number of hydrogen-bond acceptors (Lipinski definition) is 2. The third-order valence-electron chi connectivity index (χ3n) is 3.36. The SMILES string of the molecule is CCC(CC)n1ccc(COc2cccc(C)c2)n1. The Hall–Kier alpha value is -1.77. The van der Waals surface area contributed by atoms with Gasteiger partial charge in [-0.15, -0.1) is 0 Å². The molecule has 0 aliphatic rings. The van der Waals surface area contributed by atoms with E-state index in [9.17, 15) is 0 Å². The minimum atomic E-state index is 0.493. The Balaban J connectivity index is 1.97. The van der Waals surface area contributed by atoms with Crippen molar-refractivity contribution in [3.63, 3.8) is 0 Å². The minimum Gasteiger partial charge on any atom is -0.487 e. The number of hydrogen-bond donors (Lipinski definition) is 0. The molecule has 0 aliphatic heterocycles. The van der Waals surface area contributed by atoms with Crippen molar-refractivity contribution in [2.24, 2.45) is 0 Å². The first-order chi connectivity index (χ1) is 9.22. The average molecular weight is 258 g/mol. The summed E-state index contributed by atoms with van der Waals surface area (Å²) in [6.45, 7) is 6.98. The van der Waals surface area contributed by atoms with Crippen molar-refractivity contribution in [2.45, 2.75) is 46.3 Å². The Kier molecular flexibility index (Phi) is 4.61. The van der Waals surface area contributed by atoms with Gasteiger partial charge in [0.25, 0.3) is 0 Å². The fourth-order valence-corrected chi connectivity index (χ4v) is 2.18. The number of ether oxygens (including phenoxy) is 1. The van der Waals surface area contributed by atoms with Gasteiger partial charge in [0.2, 0.25) is 0 Å². The lowest BCUT2D eigenvalue weighted by Gasteiger charge is -2.12. The molecule has 0 spiro atoms. The molecule has 0 fully saturated rings. The van der Waals surface area contributed by atoms with Gasteiger partial charge in [0.1, 0.15) is 12.4 Å². The quantitative estimate of drug-likeness (QED) is 0.779. The lowest BCUT2D eigenvalue weighted by molar-refractivity contribution is 0.297. The second-order valence-electron chi connectivity index (χ2n) is 4.86. The van der Waals surface area contributed by atoms with E-state index in [1.807, 2.05) is 30.5 Å². The first-order valence-electron chi connectivity index (χ1n) is 6.96. The summed E-state index contributed by atoms with van der Waals surface area (Å²) in [7, 11) is 0. The Morgan fingerprint density at radius 1 is 1.21 bits per heavy atom. The van der Waals surface area contributed by atoms with E-state index in [-0.39, 0.29) is 0 Å². The summed E-state index contributed by atoms with van der Waals surface area (Å²) in [4.78, 5) is 0. The fourth-order valence-electron chi connectivity index (χ4n) is 2.18. The van der Waals surface area contributed by atoms with Crippen LogP contribution in [0.2, 0.25) is 0 Å². The topological polar surface area (TPSA) is 27.1 Å². The highest BCUT2D eigenvalue weighted by molar-refractivity contribution is 5.27. The average Bonchev–Trinajstić information content (AvgIpc) is 2.87. The van der Waals surface area contributed by atoms with Crippen LogP contribution in [0.15, 0.2) is 36.5 Å². The van der Waals surface area contributed by atoms with Gasteiger partial charge in [0, 0.05) is 6.20 Å². The Labute approximate surface area is 115 Å². The van der Waals surface area contributed by atoms with E-state index >= 15 is 0 Å². The number of benzene rings is 1. The fraction of sp³-hybridized carbons (Fsp3) is 0.438. The maximum atomic E-state index is 5.76. The smallest absolute Gasteiger partial charge is 0.132 e.